The van der Waals surface area contributed by atoms with Crippen LogP contribution in [0.15, 0.2) is 84.9 Å². The summed E-state index contributed by atoms with van der Waals surface area (Å²) < 4.78 is 16.3. The van der Waals surface area contributed by atoms with Gasteiger partial charge >= 0.3 is 0 Å². The number of benzene rings is 4. The summed E-state index contributed by atoms with van der Waals surface area (Å²) in [5, 5.41) is 8.05. The number of amides is 2. The van der Waals surface area contributed by atoms with Gasteiger partial charge in [0.15, 0.2) is 18.1 Å². The smallest absolute Gasteiger partial charge is 0.262 e. The van der Waals surface area contributed by atoms with Crippen LogP contribution in [0.2, 0.25) is 0 Å². The highest BCUT2D eigenvalue weighted by Gasteiger charge is 2.16. The Morgan fingerprint density at radius 1 is 0.778 bits per heavy atom. The summed E-state index contributed by atoms with van der Waals surface area (Å²) in [6.45, 7) is 1.70. The number of carbonyl (C=O) groups excluding carboxylic acids is 2. The third-order valence-electron chi connectivity index (χ3n) is 5.79. The summed E-state index contributed by atoms with van der Waals surface area (Å²) in [5.41, 5.74) is 1.98. The highest BCUT2D eigenvalue weighted by molar-refractivity contribution is 5.95. The van der Waals surface area contributed by atoms with Crippen LogP contribution < -0.4 is 24.8 Å². The van der Waals surface area contributed by atoms with Gasteiger partial charge in [0.1, 0.15) is 5.75 Å². The molecule has 0 saturated heterocycles. The van der Waals surface area contributed by atoms with Crippen molar-refractivity contribution in [1.82, 2.24) is 5.32 Å². The van der Waals surface area contributed by atoms with Crippen LogP contribution >= 0.6 is 0 Å². The van der Waals surface area contributed by atoms with Crippen LogP contribution in [-0.4, -0.2) is 32.6 Å². The number of rotatable bonds is 9. The monoisotopic (exact) mass is 484 g/mol. The van der Waals surface area contributed by atoms with Crippen LogP contribution in [0.1, 0.15) is 28.9 Å². The molecule has 2 N–H and O–H groups in total. The van der Waals surface area contributed by atoms with E-state index in [9.17, 15) is 9.59 Å². The molecule has 7 heteroatoms. The van der Waals surface area contributed by atoms with Crippen molar-refractivity contribution in [1.29, 1.82) is 0 Å². The van der Waals surface area contributed by atoms with E-state index in [1.807, 2.05) is 43.3 Å². The van der Waals surface area contributed by atoms with Gasteiger partial charge in [-0.2, -0.15) is 0 Å². The number of ether oxygens (including phenoxy) is 3. The molecule has 0 aliphatic rings. The van der Waals surface area contributed by atoms with Gasteiger partial charge in [0.25, 0.3) is 11.8 Å². The summed E-state index contributed by atoms with van der Waals surface area (Å²) in [4.78, 5) is 25.3. The molecule has 36 heavy (non-hydrogen) atoms. The molecule has 4 rings (SSSR count). The fraction of sp³-hybridized carbons (Fsp3) is 0.172. The van der Waals surface area contributed by atoms with Gasteiger partial charge in [-0.15, -0.1) is 0 Å². The maximum Gasteiger partial charge on any atom is 0.262 e. The van der Waals surface area contributed by atoms with E-state index in [0.717, 1.165) is 16.3 Å². The first-order valence-corrected chi connectivity index (χ1v) is 11.5. The Kier molecular flexibility index (Phi) is 7.70. The zero-order chi connectivity index (χ0) is 25.5. The second-order valence-electron chi connectivity index (χ2n) is 8.20. The summed E-state index contributed by atoms with van der Waals surface area (Å²) in [6, 6.07) is 26.0. The molecule has 0 fully saturated rings. The van der Waals surface area contributed by atoms with E-state index in [2.05, 4.69) is 22.8 Å². The molecule has 0 aliphatic carbocycles. The van der Waals surface area contributed by atoms with E-state index in [0.29, 0.717) is 28.5 Å². The van der Waals surface area contributed by atoms with Crippen LogP contribution in [0.3, 0.4) is 0 Å². The lowest BCUT2D eigenvalue weighted by atomic mass is 10.0. The van der Waals surface area contributed by atoms with Gasteiger partial charge in [-0.25, -0.2) is 0 Å². The van der Waals surface area contributed by atoms with E-state index in [1.165, 1.54) is 14.2 Å². The fourth-order valence-corrected chi connectivity index (χ4v) is 3.85. The molecular weight excluding hydrogens is 456 g/mol. The average Bonchev–Trinajstić information content (AvgIpc) is 2.91. The van der Waals surface area contributed by atoms with E-state index in [-0.39, 0.29) is 24.5 Å². The summed E-state index contributed by atoms with van der Waals surface area (Å²) in [5.74, 6) is 0.664. The Labute approximate surface area is 210 Å². The molecule has 7 nitrogen and oxygen atoms in total. The molecule has 0 unspecified atom stereocenters. The highest BCUT2D eigenvalue weighted by atomic mass is 16.5. The van der Waals surface area contributed by atoms with E-state index < -0.39 is 0 Å². The first-order chi connectivity index (χ1) is 17.5. The summed E-state index contributed by atoms with van der Waals surface area (Å²) in [6.07, 6.45) is 0. The fourth-order valence-electron chi connectivity index (χ4n) is 3.85. The lowest BCUT2D eigenvalue weighted by Gasteiger charge is -2.16. The van der Waals surface area contributed by atoms with Crippen LogP contribution in [0.4, 0.5) is 5.69 Å². The van der Waals surface area contributed by atoms with Crippen molar-refractivity contribution in [2.45, 2.75) is 13.0 Å². The van der Waals surface area contributed by atoms with Crippen molar-refractivity contribution < 1.29 is 23.8 Å². The molecule has 0 saturated carbocycles. The summed E-state index contributed by atoms with van der Waals surface area (Å²) >= 11 is 0. The molecule has 2 amide bonds. The molecule has 184 valence electrons. The molecule has 4 aromatic rings. The number of para-hydroxylation sites is 2. The number of nitrogens with one attached hydrogen (secondary N) is 2. The predicted octanol–water partition coefficient (Wildman–Crippen LogP) is 5.37. The predicted molar refractivity (Wildman–Crippen MR) is 140 cm³/mol. The van der Waals surface area contributed by atoms with E-state index >= 15 is 0 Å². The van der Waals surface area contributed by atoms with Crippen molar-refractivity contribution in [2.24, 2.45) is 0 Å². The number of hydrogen-bond acceptors (Lipinski definition) is 5. The molecule has 4 aromatic carbocycles. The molecule has 0 aliphatic heterocycles. The zero-order valence-electron chi connectivity index (χ0n) is 20.4. The minimum absolute atomic E-state index is 0.192. The van der Waals surface area contributed by atoms with Gasteiger partial charge in [0, 0.05) is 5.56 Å². The van der Waals surface area contributed by atoms with Crippen LogP contribution in [0.25, 0.3) is 10.8 Å². The van der Waals surface area contributed by atoms with Gasteiger partial charge < -0.3 is 24.8 Å². The lowest BCUT2D eigenvalue weighted by Crippen LogP contribution is -2.26. The number of methoxy groups -OCH3 is 2. The van der Waals surface area contributed by atoms with Gasteiger partial charge in [-0.3, -0.25) is 9.59 Å². The molecule has 1 atom stereocenters. The van der Waals surface area contributed by atoms with Crippen LogP contribution in [-0.2, 0) is 4.79 Å². The van der Waals surface area contributed by atoms with Crippen molar-refractivity contribution >= 4 is 28.3 Å². The Bertz CT molecular complexity index is 1390. The van der Waals surface area contributed by atoms with Crippen molar-refractivity contribution in [2.75, 3.05) is 26.1 Å². The molecule has 0 aromatic heterocycles. The largest absolute Gasteiger partial charge is 0.495 e. The molecule has 0 bridgehead atoms. The Morgan fingerprint density at radius 3 is 2.28 bits per heavy atom. The zero-order valence-corrected chi connectivity index (χ0v) is 20.4. The standard InChI is InChI=1S/C29H28N2O5/c1-19(21-13-12-20-8-4-5-9-22(20)16-21)30-29(33)23-14-15-26(27(17-23)35-3)36-18-28(32)31-24-10-6-7-11-25(24)34-2/h4-17,19H,18H2,1-3H3,(H,30,33)(H,31,32)/t19-/m1/s1. The SMILES string of the molecule is COc1ccccc1NC(=O)COc1ccc(C(=O)N[C@H](C)c2ccc3ccccc3c2)cc1OC. The first-order valence-electron chi connectivity index (χ1n) is 11.5. The highest BCUT2D eigenvalue weighted by Crippen LogP contribution is 2.29. The van der Waals surface area contributed by atoms with E-state index in [4.69, 9.17) is 14.2 Å². The third kappa shape index (κ3) is 5.75. The van der Waals surface area contributed by atoms with Crippen molar-refractivity contribution in [3.63, 3.8) is 0 Å². The second kappa shape index (κ2) is 11.3. The lowest BCUT2D eigenvalue weighted by molar-refractivity contribution is -0.118. The Morgan fingerprint density at radius 2 is 1.50 bits per heavy atom. The number of carbonyl (C=O) groups is 2. The Balaban J connectivity index is 1.39. The minimum Gasteiger partial charge on any atom is -0.495 e. The van der Waals surface area contributed by atoms with Crippen molar-refractivity contribution in [3.05, 3.63) is 96.1 Å². The summed E-state index contributed by atoms with van der Waals surface area (Å²) in [7, 11) is 3.02. The maximum atomic E-state index is 12.9. The Hall–Kier alpha value is -4.52. The molecule has 0 heterocycles. The minimum atomic E-state index is -0.354. The normalized spacial score (nSPS) is 11.4. The number of hydrogen-bond donors (Lipinski definition) is 2. The number of fused-ring (bicyclic) bond motifs is 1. The van der Waals surface area contributed by atoms with E-state index in [1.54, 1.807) is 36.4 Å². The van der Waals surface area contributed by atoms with Crippen LogP contribution in [0.5, 0.6) is 17.2 Å². The average molecular weight is 485 g/mol. The molecule has 0 spiro atoms. The number of anilines is 1. The van der Waals surface area contributed by atoms with Gasteiger partial charge in [-0.1, -0.05) is 48.5 Å². The quantitative estimate of drug-likeness (QED) is 0.334. The maximum absolute atomic E-state index is 12.9. The molecular formula is C29H28N2O5. The first kappa shape index (κ1) is 24.6. The topological polar surface area (TPSA) is 85.9 Å². The van der Waals surface area contributed by atoms with Gasteiger partial charge in [0.05, 0.1) is 25.9 Å². The van der Waals surface area contributed by atoms with Crippen LogP contribution in [0, 0.1) is 0 Å². The van der Waals surface area contributed by atoms with Gasteiger partial charge in [0.2, 0.25) is 0 Å². The van der Waals surface area contributed by atoms with Gasteiger partial charge in [-0.05, 0) is 59.7 Å². The molecule has 0 radical (unpaired) electrons. The second-order valence-corrected chi connectivity index (χ2v) is 8.20. The van der Waals surface area contributed by atoms with Crippen molar-refractivity contribution in [3.8, 4) is 17.2 Å². The third-order valence-corrected chi connectivity index (χ3v) is 5.79.